The maximum Gasteiger partial charge on any atom is 0.291 e. The maximum absolute atomic E-state index is 12.5. The van der Waals surface area contributed by atoms with Gasteiger partial charge in [0.1, 0.15) is 5.76 Å². The Bertz CT molecular complexity index is 1200. The second-order valence-corrected chi connectivity index (χ2v) is 7.66. The number of nitrogens with zero attached hydrogens (tertiary/aromatic N) is 4. The van der Waals surface area contributed by atoms with Crippen LogP contribution in [-0.2, 0) is 13.1 Å². The number of hydrogen-bond acceptors (Lipinski definition) is 4. The van der Waals surface area contributed by atoms with Gasteiger partial charge in [0.25, 0.3) is 5.91 Å². The standard InChI is InChI=1S/C22H22ClN5O2/c1-14-5-4-6-17(9-14)11-27-12-18(10-24-27)25-22(29)20-8-7-19(30-20)13-28-16(3)21(23)15(2)26-28/h4-10,12H,11,13H2,1-3H3,(H,25,29). The zero-order valence-corrected chi connectivity index (χ0v) is 17.8. The van der Waals surface area contributed by atoms with Crippen molar-refractivity contribution < 1.29 is 9.21 Å². The number of nitrogens with one attached hydrogen (secondary N) is 1. The Hall–Kier alpha value is -3.32. The molecule has 1 amide bonds. The Morgan fingerprint density at radius 1 is 1.17 bits per heavy atom. The normalized spacial score (nSPS) is 11.1. The van der Waals surface area contributed by atoms with Crippen LogP contribution in [0.4, 0.5) is 5.69 Å². The van der Waals surface area contributed by atoms with Crippen molar-refractivity contribution in [1.29, 1.82) is 0 Å². The Morgan fingerprint density at radius 2 is 2.00 bits per heavy atom. The molecule has 0 unspecified atom stereocenters. The molecule has 3 aromatic heterocycles. The average Bonchev–Trinajstić information content (AvgIpc) is 3.40. The monoisotopic (exact) mass is 423 g/mol. The fourth-order valence-corrected chi connectivity index (χ4v) is 3.40. The lowest BCUT2D eigenvalue weighted by atomic mass is 10.1. The molecule has 0 radical (unpaired) electrons. The third-order valence-corrected chi connectivity index (χ3v) is 5.35. The summed E-state index contributed by atoms with van der Waals surface area (Å²) in [5.74, 6) is 0.518. The molecule has 0 saturated carbocycles. The van der Waals surface area contributed by atoms with Crippen LogP contribution in [-0.4, -0.2) is 25.5 Å². The average molecular weight is 424 g/mol. The molecule has 3 heterocycles. The number of aryl methyl sites for hydroxylation is 2. The molecule has 0 bridgehead atoms. The van der Waals surface area contributed by atoms with E-state index in [2.05, 4.69) is 34.6 Å². The summed E-state index contributed by atoms with van der Waals surface area (Å²) in [6.45, 7) is 6.84. The highest BCUT2D eigenvalue weighted by Crippen LogP contribution is 2.21. The van der Waals surface area contributed by atoms with E-state index in [1.54, 1.807) is 33.9 Å². The van der Waals surface area contributed by atoms with E-state index in [-0.39, 0.29) is 11.7 Å². The number of hydrogen-bond donors (Lipinski definition) is 1. The van der Waals surface area contributed by atoms with Gasteiger partial charge < -0.3 is 9.73 Å². The van der Waals surface area contributed by atoms with Gasteiger partial charge in [0, 0.05) is 6.20 Å². The van der Waals surface area contributed by atoms with Gasteiger partial charge in [0.2, 0.25) is 0 Å². The van der Waals surface area contributed by atoms with Crippen LogP contribution in [0.3, 0.4) is 0 Å². The van der Waals surface area contributed by atoms with Crippen LogP contribution in [0.2, 0.25) is 5.02 Å². The molecule has 30 heavy (non-hydrogen) atoms. The minimum Gasteiger partial charge on any atom is -0.454 e. The van der Waals surface area contributed by atoms with Crippen LogP contribution in [0.5, 0.6) is 0 Å². The third kappa shape index (κ3) is 4.31. The highest BCUT2D eigenvalue weighted by molar-refractivity contribution is 6.31. The van der Waals surface area contributed by atoms with Gasteiger partial charge in [0.05, 0.1) is 41.4 Å². The molecular weight excluding hydrogens is 402 g/mol. The number of halogens is 1. The fourth-order valence-electron chi connectivity index (χ4n) is 3.27. The van der Waals surface area contributed by atoms with Crippen molar-refractivity contribution in [3.05, 3.63) is 87.8 Å². The molecule has 0 aliphatic carbocycles. The first-order valence-electron chi connectivity index (χ1n) is 9.56. The van der Waals surface area contributed by atoms with E-state index in [0.717, 1.165) is 17.0 Å². The third-order valence-electron chi connectivity index (χ3n) is 4.80. The van der Waals surface area contributed by atoms with Crippen molar-refractivity contribution in [1.82, 2.24) is 19.6 Å². The van der Waals surface area contributed by atoms with Crippen molar-refractivity contribution in [3.63, 3.8) is 0 Å². The van der Waals surface area contributed by atoms with Crippen LogP contribution in [0, 0.1) is 20.8 Å². The quantitative estimate of drug-likeness (QED) is 0.491. The molecule has 7 nitrogen and oxygen atoms in total. The van der Waals surface area contributed by atoms with E-state index < -0.39 is 0 Å². The van der Waals surface area contributed by atoms with Gasteiger partial charge in [-0.25, -0.2) is 0 Å². The first-order chi connectivity index (χ1) is 14.4. The zero-order valence-electron chi connectivity index (χ0n) is 17.0. The second kappa shape index (κ2) is 8.20. The summed E-state index contributed by atoms with van der Waals surface area (Å²) in [5, 5.41) is 12.2. The van der Waals surface area contributed by atoms with E-state index in [4.69, 9.17) is 16.0 Å². The molecule has 0 aliphatic heterocycles. The highest BCUT2D eigenvalue weighted by Gasteiger charge is 2.15. The summed E-state index contributed by atoms with van der Waals surface area (Å²) in [7, 11) is 0. The lowest BCUT2D eigenvalue weighted by molar-refractivity contribution is 0.0994. The van der Waals surface area contributed by atoms with Crippen molar-refractivity contribution in [2.75, 3.05) is 5.32 Å². The molecular formula is C22H22ClN5O2. The largest absolute Gasteiger partial charge is 0.454 e. The smallest absolute Gasteiger partial charge is 0.291 e. The van der Waals surface area contributed by atoms with Crippen LogP contribution < -0.4 is 5.32 Å². The number of amides is 1. The number of carbonyl (C=O) groups excluding carboxylic acids is 1. The van der Waals surface area contributed by atoms with Gasteiger partial charge in [0.15, 0.2) is 5.76 Å². The van der Waals surface area contributed by atoms with Crippen molar-refractivity contribution >= 4 is 23.2 Å². The molecule has 0 fully saturated rings. The van der Waals surface area contributed by atoms with Gasteiger partial charge in [-0.05, 0) is 38.5 Å². The first-order valence-corrected chi connectivity index (χ1v) is 9.94. The van der Waals surface area contributed by atoms with Gasteiger partial charge in [-0.2, -0.15) is 10.2 Å². The Morgan fingerprint density at radius 3 is 2.73 bits per heavy atom. The summed E-state index contributed by atoms with van der Waals surface area (Å²) in [4.78, 5) is 12.5. The van der Waals surface area contributed by atoms with Crippen molar-refractivity contribution in [3.8, 4) is 0 Å². The van der Waals surface area contributed by atoms with E-state index in [0.29, 0.717) is 29.6 Å². The molecule has 4 rings (SSSR count). The maximum atomic E-state index is 12.5. The van der Waals surface area contributed by atoms with Crippen LogP contribution in [0.1, 0.15) is 38.8 Å². The van der Waals surface area contributed by atoms with Gasteiger partial charge in [-0.15, -0.1) is 0 Å². The van der Waals surface area contributed by atoms with Crippen molar-refractivity contribution in [2.24, 2.45) is 0 Å². The van der Waals surface area contributed by atoms with E-state index in [1.807, 2.05) is 26.0 Å². The lowest BCUT2D eigenvalue weighted by Crippen LogP contribution is -2.10. The van der Waals surface area contributed by atoms with Crippen LogP contribution >= 0.6 is 11.6 Å². The van der Waals surface area contributed by atoms with Gasteiger partial charge in [-0.3, -0.25) is 14.2 Å². The Kier molecular flexibility index (Phi) is 5.46. The summed E-state index contributed by atoms with van der Waals surface area (Å²) < 4.78 is 9.24. The number of benzene rings is 1. The molecule has 8 heteroatoms. The van der Waals surface area contributed by atoms with E-state index in [9.17, 15) is 4.79 Å². The Labute approximate surface area is 179 Å². The molecule has 0 aliphatic rings. The SMILES string of the molecule is Cc1cccc(Cn2cc(NC(=O)c3ccc(Cn4nc(C)c(Cl)c4C)o3)cn2)c1. The molecule has 1 aromatic carbocycles. The topological polar surface area (TPSA) is 77.9 Å². The minimum absolute atomic E-state index is 0.226. The van der Waals surface area contributed by atoms with Crippen molar-refractivity contribution in [2.45, 2.75) is 33.9 Å². The predicted molar refractivity (Wildman–Crippen MR) is 115 cm³/mol. The molecule has 0 atom stereocenters. The molecule has 4 aromatic rings. The number of furan rings is 1. The van der Waals surface area contributed by atoms with Gasteiger partial charge in [-0.1, -0.05) is 41.4 Å². The minimum atomic E-state index is -0.331. The van der Waals surface area contributed by atoms with E-state index in [1.165, 1.54) is 5.56 Å². The molecule has 0 spiro atoms. The zero-order chi connectivity index (χ0) is 21.3. The van der Waals surface area contributed by atoms with Crippen LogP contribution in [0.25, 0.3) is 0 Å². The highest BCUT2D eigenvalue weighted by atomic mass is 35.5. The summed E-state index contributed by atoms with van der Waals surface area (Å²) in [6.07, 6.45) is 3.41. The predicted octanol–water partition coefficient (Wildman–Crippen LogP) is 4.60. The number of rotatable bonds is 6. The second-order valence-electron chi connectivity index (χ2n) is 7.28. The number of aromatic nitrogens is 4. The number of anilines is 1. The summed E-state index contributed by atoms with van der Waals surface area (Å²) >= 11 is 6.19. The van der Waals surface area contributed by atoms with Crippen LogP contribution in [0.15, 0.2) is 53.2 Å². The molecule has 154 valence electrons. The van der Waals surface area contributed by atoms with Gasteiger partial charge >= 0.3 is 0 Å². The number of carbonyl (C=O) groups is 1. The summed E-state index contributed by atoms with van der Waals surface area (Å²) in [5.41, 5.74) is 4.58. The molecule has 1 N–H and O–H groups in total. The lowest BCUT2D eigenvalue weighted by Gasteiger charge is -2.03. The first kappa shape index (κ1) is 20.0. The Balaban J connectivity index is 1.40. The van der Waals surface area contributed by atoms with E-state index >= 15 is 0 Å². The molecule has 0 saturated heterocycles. The summed E-state index contributed by atoms with van der Waals surface area (Å²) in [6, 6.07) is 11.6. The fraction of sp³-hybridized carbons (Fsp3) is 0.227.